The highest BCUT2D eigenvalue weighted by atomic mass is 32.2. The molecule has 0 aliphatic carbocycles. The number of hydrogen-bond donors (Lipinski definition) is 2. The number of nitrogens with zero attached hydrogens (tertiary/aromatic N) is 1. The summed E-state index contributed by atoms with van der Waals surface area (Å²) in [7, 11) is -3.42. The first kappa shape index (κ1) is 19.2. The van der Waals surface area contributed by atoms with Crippen molar-refractivity contribution in [1.82, 2.24) is 14.9 Å². The summed E-state index contributed by atoms with van der Waals surface area (Å²) >= 11 is 1.25. The lowest BCUT2D eigenvalue weighted by molar-refractivity contribution is 0.223. The Labute approximate surface area is 148 Å². The molecule has 0 aromatic carbocycles. The average molecular weight is 374 g/mol. The van der Waals surface area contributed by atoms with Crippen LogP contribution in [-0.2, 0) is 10.0 Å². The highest BCUT2D eigenvalue weighted by Gasteiger charge is 2.33. The molecule has 0 radical (unpaired) electrons. The third-order valence-corrected chi connectivity index (χ3v) is 7.21. The minimum Gasteiger partial charge on any atom is -0.338 e. The van der Waals surface area contributed by atoms with Gasteiger partial charge in [0, 0.05) is 24.7 Å². The monoisotopic (exact) mass is 373 g/mol. The highest BCUT2D eigenvalue weighted by Crippen LogP contribution is 2.28. The van der Waals surface area contributed by atoms with Crippen molar-refractivity contribution in [3.63, 3.8) is 0 Å². The Balaban J connectivity index is 1.94. The molecule has 8 heteroatoms. The van der Waals surface area contributed by atoms with Crippen LogP contribution in [0.4, 0.5) is 4.79 Å². The number of rotatable bonds is 5. The van der Waals surface area contributed by atoms with Crippen LogP contribution in [0.15, 0.2) is 21.7 Å². The van der Waals surface area contributed by atoms with Crippen LogP contribution in [-0.4, -0.2) is 43.4 Å². The third kappa shape index (κ3) is 5.19. The number of sulfonamides is 1. The van der Waals surface area contributed by atoms with E-state index in [2.05, 4.69) is 10.6 Å². The van der Waals surface area contributed by atoms with E-state index in [0.29, 0.717) is 23.7 Å². The third-order valence-electron chi connectivity index (χ3n) is 3.88. The molecule has 6 nitrogen and oxygen atoms in total. The summed E-state index contributed by atoms with van der Waals surface area (Å²) in [6.45, 7) is 6.78. The molecule has 0 saturated carbocycles. The molecular formula is C16H27N3O3S2. The Morgan fingerprint density at radius 3 is 2.75 bits per heavy atom. The number of carbonyl (C=O) groups excluding carboxylic acids is 1. The number of urea groups is 1. The van der Waals surface area contributed by atoms with Gasteiger partial charge < -0.3 is 10.6 Å². The number of amides is 2. The van der Waals surface area contributed by atoms with E-state index in [1.54, 1.807) is 21.8 Å². The molecule has 1 fully saturated rings. The lowest BCUT2D eigenvalue weighted by Crippen LogP contribution is -2.48. The maximum absolute atomic E-state index is 12.8. The van der Waals surface area contributed by atoms with E-state index < -0.39 is 10.0 Å². The SMILES string of the molecule is CC(C)(C)NC(=O)NCC[C@H]1CCCCN1S(=O)(=O)c1cccs1. The standard InChI is InChI=1S/C16H27N3O3S2/c1-16(2,3)18-15(20)17-10-9-13-7-4-5-11-19(13)24(21,22)14-8-6-12-23-14/h6,8,12-13H,4-5,7,9-11H2,1-3H3,(H2,17,18,20)/t13-/m1/s1. The molecule has 2 N–H and O–H groups in total. The van der Waals surface area contributed by atoms with Gasteiger partial charge in [-0.2, -0.15) is 4.31 Å². The van der Waals surface area contributed by atoms with E-state index in [4.69, 9.17) is 0 Å². The second kappa shape index (κ2) is 7.84. The van der Waals surface area contributed by atoms with E-state index in [1.165, 1.54) is 11.3 Å². The molecular weight excluding hydrogens is 346 g/mol. The largest absolute Gasteiger partial charge is 0.338 e. The number of piperidine rings is 1. The van der Waals surface area contributed by atoms with Gasteiger partial charge in [0.15, 0.2) is 0 Å². The van der Waals surface area contributed by atoms with Gasteiger partial charge in [-0.1, -0.05) is 12.5 Å². The van der Waals surface area contributed by atoms with Crippen LogP contribution in [0.25, 0.3) is 0 Å². The van der Waals surface area contributed by atoms with Crippen molar-refractivity contribution in [1.29, 1.82) is 0 Å². The van der Waals surface area contributed by atoms with Gasteiger partial charge in [-0.05, 0) is 51.5 Å². The van der Waals surface area contributed by atoms with Crippen LogP contribution in [0, 0.1) is 0 Å². The zero-order chi connectivity index (χ0) is 17.8. The van der Waals surface area contributed by atoms with Gasteiger partial charge in [0.1, 0.15) is 4.21 Å². The molecule has 1 atom stereocenters. The average Bonchev–Trinajstić information content (AvgIpc) is 3.00. The summed E-state index contributed by atoms with van der Waals surface area (Å²) in [6.07, 6.45) is 3.38. The van der Waals surface area contributed by atoms with E-state index in [1.807, 2.05) is 20.8 Å². The molecule has 0 bridgehead atoms. The Kier molecular flexibility index (Phi) is 6.28. The summed E-state index contributed by atoms with van der Waals surface area (Å²) < 4.78 is 27.6. The maximum atomic E-state index is 12.8. The van der Waals surface area contributed by atoms with Crippen molar-refractivity contribution in [3.05, 3.63) is 17.5 Å². The first-order chi connectivity index (χ1) is 11.2. The molecule has 0 unspecified atom stereocenters. The summed E-state index contributed by atoms with van der Waals surface area (Å²) in [5.74, 6) is 0. The molecule has 24 heavy (non-hydrogen) atoms. The fraction of sp³-hybridized carbons (Fsp3) is 0.688. The van der Waals surface area contributed by atoms with Gasteiger partial charge in [-0.3, -0.25) is 0 Å². The van der Waals surface area contributed by atoms with Crippen molar-refractivity contribution in [2.45, 2.75) is 62.2 Å². The van der Waals surface area contributed by atoms with Gasteiger partial charge in [0.25, 0.3) is 10.0 Å². The minimum absolute atomic E-state index is 0.0548. The van der Waals surface area contributed by atoms with Gasteiger partial charge in [-0.25, -0.2) is 13.2 Å². The van der Waals surface area contributed by atoms with Crippen LogP contribution in [0.1, 0.15) is 46.5 Å². The zero-order valence-corrected chi connectivity index (χ0v) is 16.2. The minimum atomic E-state index is -3.42. The molecule has 1 aliphatic rings. The topological polar surface area (TPSA) is 78.5 Å². The summed E-state index contributed by atoms with van der Waals surface area (Å²) in [5, 5.41) is 7.45. The fourth-order valence-electron chi connectivity index (χ4n) is 2.84. The van der Waals surface area contributed by atoms with Crippen molar-refractivity contribution in [2.75, 3.05) is 13.1 Å². The molecule has 136 valence electrons. The molecule has 1 aromatic heterocycles. The first-order valence-electron chi connectivity index (χ1n) is 8.31. The van der Waals surface area contributed by atoms with Crippen LogP contribution in [0.2, 0.25) is 0 Å². The lowest BCUT2D eigenvalue weighted by Gasteiger charge is -2.34. The van der Waals surface area contributed by atoms with Crippen LogP contribution < -0.4 is 10.6 Å². The predicted molar refractivity (Wildman–Crippen MR) is 96.8 cm³/mol. The van der Waals surface area contributed by atoms with Gasteiger partial charge >= 0.3 is 6.03 Å². The van der Waals surface area contributed by atoms with Crippen molar-refractivity contribution >= 4 is 27.4 Å². The van der Waals surface area contributed by atoms with Gasteiger partial charge in [0.05, 0.1) is 0 Å². The normalized spacial score (nSPS) is 19.9. The lowest BCUT2D eigenvalue weighted by atomic mass is 10.0. The quantitative estimate of drug-likeness (QED) is 0.833. The molecule has 2 heterocycles. The van der Waals surface area contributed by atoms with E-state index >= 15 is 0 Å². The molecule has 0 spiro atoms. The summed E-state index contributed by atoms with van der Waals surface area (Å²) in [6, 6.07) is 3.14. The van der Waals surface area contributed by atoms with E-state index in [0.717, 1.165) is 19.3 Å². The first-order valence-corrected chi connectivity index (χ1v) is 10.6. The van der Waals surface area contributed by atoms with Gasteiger partial charge in [-0.15, -0.1) is 11.3 Å². The van der Waals surface area contributed by atoms with Crippen LogP contribution in [0.3, 0.4) is 0 Å². The number of hydrogen-bond acceptors (Lipinski definition) is 4. The smallest absolute Gasteiger partial charge is 0.315 e. The number of carbonyl (C=O) groups is 1. The van der Waals surface area contributed by atoms with Crippen molar-refractivity contribution in [3.8, 4) is 0 Å². The second-order valence-corrected chi connectivity index (χ2v) is 10.2. The Morgan fingerprint density at radius 2 is 2.12 bits per heavy atom. The van der Waals surface area contributed by atoms with Crippen LogP contribution >= 0.6 is 11.3 Å². The summed E-state index contributed by atoms with van der Waals surface area (Å²) in [5.41, 5.74) is -0.288. The van der Waals surface area contributed by atoms with E-state index in [9.17, 15) is 13.2 Å². The predicted octanol–water partition coefficient (Wildman–Crippen LogP) is 2.78. The van der Waals surface area contributed by atoms with Crippen molar-refractivity contribution in [2.24, 2.45) is 0 Å². The zero-order valence-electron chi connectivity index (χ0n) is 14.5. The van der Waals surface area contributed by atoms with Gasteiger partial charge in [0.2, 0.25) is 0 Å². The molecule has 1 saturated heterocycles. The Bertz CT molecular complexity index is 636. The molecule has 2 rings (SSSR count). The number of thiophene rings is 1. The molecule has 2 amide bonds. The number of nitrogens with one attached hydrogen (secondary N) is 2. The second-order valence-electron chi connectivity index (χ2n) is 7.12. The molecule has 1 aliphatic heterocycles. The van der Waals surface area contributed by atoms with Crippen molar-refractivity contribution < 1.29 is 13.2 Å². The van der Waals surface area contributed by atoms with Crippen LogP contribution in [0.5, 0.6) is 0 Å². The fourth-order valence-corrected chi connectivity index (χ4v) is 5.68. The summed E-state index contributed by atoms with van der Waals surface area (Å²) in [4.78, 5) is 11.8. The molecule has 1 aromatic rings. The highest BCUT2D eigenvalue weighted by molar-refractivity contribution is 7.91. The Hall–Kier alpha value is -1.12. The Morgan fingerprint density at radius 1 is 1.38 bits per heavy atom. The van der Waals surface area contributed by atoms with E-state index in [-0.39, 0.29) is 17.6 Å². The maximum Gasteiger partial charge on any atom is 0.315 e.